The van der Waals surface area contributed by atoms with Gasteiger partial charge in [0.15, 0.2) is 0 Å². The van der Waals surface area contributed by atoms with Crippen LogP contribution < -0.4 is 15.4 Å². The van der Waals surface area contributed by atoms with Gasteiger partial charge in [0.05, 0.1) is 7.11 Å². The third-order valence-electron chi connectivity index (χ3n) is 3.69. The van der Waals surface area contributed by atoms with E-state index in [1.807, 2.05) is 6.92 Å². The molecule has 0 aromatic carbocycles. The first-order valence-electron chi connectivity index (χ1n) is 6.85. The molecule has 19 heavy (non-hydrogen) atoms. The van der Waals surface area contributed by atoms with Crippen molar-refractivity contribution in [3.63, 3.8) is 0 Å². The minimum absolute atomic E-state index is 0.276. The summed E-state index contributed by atoms with van der Waals surface area (Å²) < 4.78 is 5.12. The molecule has 2 N–H and O–H groups in total. The summed E-state index contributed by atoms with van der Waals surface area (Å²) in [6, 6.07) is 0.735. The molecule has 1 aliphatic rings. The van der Waals surface area contributed by atoms with Crippen molar-refractivity contribution < 1.29 is 4.74 Å². The molecule has 0 radical (unpaired) electrons. The maximum atomic E-state index is 5.12. The molecule has 1 heterocycles. The average Bonchev–Trinajstić information content (AvgIpc) is 2.69. The quantitative estimate of drug-likeness (QED) is 0.851. The highest BCUT2D eigenvalue weighted by Gasteiger charge is 2.34. The van der Waals surface area contributed by atoms with Gasteiger partial charge in [0.25, 0.3) is 0 Å². The van der Waals surface area contributed by atoms with Crippen molar-refractivity contribution in [3.05, 3.63) is 0 Å². The van der Waals surface area contributed by atoms with Crippen molar-refractivity contribution in [3.8, 4) is 6.01 Å². The molecule has 0 amide bonds. The van der Waals surface area contributed by atoms with Crippen molar-refractivity contribution in [1.29, 1.82) is 0 Å². The largest absolute Gasteiger partial charge is 0.467 e. The van der Waals surface area contributed by atoms with Crippen molar-refractivity contribution >= 4 is 11.9 Å². The van der Waals surface area contributed by atoms with Gasteiger partial charge in [-0.25, -0.2) is 0 Å². The van der Waals surface area contributed by atoms with Crippen LogP contribution in [0, 0.1) is 5.41 Å². The minimum atomic E-state index is 0.276. The fraction of sp³-hybridized carbons (Fsp3) is 0.769. The zero-order chi connectivity index (χ0) is 13.9. The van der Waals surface area contributed by atoms with Gasteiger partial charge in [0.2, 0.25) is 11.9 Å². The molecular formula is C13H23N5O. The van der Waals surface area contributed by atoms with E-state index in [2.05, 4.69) is 39.4 Å². The van der Waals surface area contributed by atoms with Crippen LogP contribution in [0.25, 0.3) is 0 Å². The summed E-state index contributed by atoms with van der Waals surface area (Å²) in [5.74, 6) is 1.13. The van der Waals surface area contributed by atoms with Crippen LogP contribution in [0.1, 0.15) is 40.0 Å². The van der Waals surface area contributed by atoms with Crippen LogP contribution in [0.3, 0.4) is 0 Å². The zero-order valence-electron chi connectivity index (χ0n) is 12.2. The molecule has 0 spiro atoms. The smallest absolute Gasteiger partial charge is 0.322 e. The molecule has 1 fully saturated rings. The summed E-state index contributed by atoms with van der Waals surface area (Å²) in [6.45, 7) is 7.33. The average molecular weight is 265 g/mol. The van der Waals surface area contributed by atoms with Crippen LogP contribution in [0.4, 0.5) is 11.9 Å². The van der Waals surface area contributed by atoms with E-state index in [9.17, 15) is 0 Å². The number of hydrogen-bond acceptors (Lipinski definition) is 6. The third-order valence-corrected chi connectivity index (χ3v) is 3.69. The van der Waals surface area contributed by atoms with E-state index < -0.39 is 0 Å². The first-order chi connectivity index (χ1) is 9.05. The molecule has 0 aliphatic heterocycles. The molecule has 1 aromatic rings. The Balaban J connectivity index is 2.17. The Morgan fingerprint density at radius 1 is 1.26 bits per heavy atom. The van der Waals surface area contributed by atoms with E-state index in [1.165, 1.54) is 12.8 Å². The number of nitrogens with one attached hydrogen (secondary N) is 2. The third kappa shape index (κ3) is 3.24. The Morgan fingerprint density at radius 3 is 2.58 bits per heavy atom. The minimum Gasteiger partial charge on any atom is -0.467 e. The first-order valence-corrected chi connectivity index (χ1v) is 6.85. The predicted octanol–water partition coefficient (Wildman–Crippen LogP) is 2.30. The standard InChI is InChI=1S/C13H23N5O/c1-5-14-10-16-11(18-12(17-10)19-4)15-9-7-6-8-13(9,2)3/h9H,5-8H2,1-4H3,(H2,14,15,16,17,18). The SMILES string of the molecule is CCNc1nc(NC2CCCC2(C)C)nc(OC)n1. The summed E-state index contributed by atoms with van der Waals surface area (Å²) in [6.07, 6.45) is 3.62. The monoisotopic (exact) mass is 265 g/mol. The Bertz CT molecular complexity index is 435. The summed E-state index contributed by atoms with van der Waals surface area (Å²) in [5, 5.41) is 6.51. The first kappa shape index (κ1) is 13.8. The van der Waals surface area contributed by atoms with E-state index >= 15 is 0 Å². The molecule has 2 rings (SSSR count). The number of aromatic nitrogens is 3. The second-order valence-electron chi connectivity index (χ2n) is 5.58. The van der Waals surface area contributed by atoms with Gasteiger partial charge in [-0.15, -0.1) is 0 Å². The van der Waals surface area contributed by atoms with Crippen LogP contribution in [0.2, 0.25) is 0 Å². The van der Waals surface area contributed by atoms with E-state index in [0.717, 1.165) is 13.0 Å². The highest BCUT2D eigenvalue weighted by molar-refractivity contribution is 5.37. The topological polar surface area (TPSA) is 72.0 Å². The fourth-order valence-corrected chi connectivity index (χ4v) is 2.50. The molecule has 1 atom stereocenters. The Morgan fingerprint density at radius 2 is 2.00 bits per heavy atom. The molecule has 0 bridgehead atoms. The van der Waals surface area contributed by atoms with E-state index in [4.69, 9.17) is 4.74 Å². The maximum absolute atomic E-state index is 5.12. The van der Waals surface area contributed by atoms with E-state index in [0.29, 0.717) is 23.9 Å². The molecule has 1 aromatic heterocycles. The summed E-state index contributed by atoms with van der Waals surface area (Å²) in [5.41, 5.74) is 0.276. The van der Waals surface area contributed by atoms with Gasteiger partial charge in [0.1, 0.15) is 0 Å². The van der Waals surface area contributed by atoms with E-state index in [-0.39, 0.29) is 5.41 Å². The number of rotatable bonds is 5. The van der Waals surface area contributed by atoms with Crippen LogP contribution in [-0.4, -0.2) is 34.6 Å². The lowest BCUT2D eigenvalue weighted by atomic mass is 9.87. The molecule has 6 heteroatoms. The van der Waals surface area contributed by atoms with Gasteiger partial charge >= 0.3 is 6.01 Å². The molecule has 1 aliphatic carbocycles. The van der Waals surface area contributed by atoms with Gasteiger partial charge < -0.3 is 15.4 Å². The van der Waals surface area contributed by atoms with Crippen molar-refractivity contribution in [2.75, 3.05) is 24.3 Å². The number of ether oxygens (including phenoxy) is 1. The lowest BCUT2D eigenvalue weighted by Gasteiger charge is -2.27. The molecule has 1 unspecified atom stereocenters. The highest BCUT2D eigenvalue weighted by Crippen LogP contribution is 2.38. The highest BCUT2D eigenvalue weighted by atomic mass is 16.5. The molecule has 0 saturated heterocycles. The van der Waals surface area contributed by atoms with Crippen LogP contribution in [0.5, 0.6) is 6.01 Å². The number of methoxy groups -OCH3 is 1. The van der Waals surface area contributed by atoms with Gasteiger partial charge in [-0.3, -0.25) is 0 Å². The Hall–Kier alpha value is -1.59. The predicted molar refractivity (Wildman–Crippen MR) is 75.6 cm³/mol. The lowest BCUT2D eigenvalue weighted by molar-refractivity contribution is 0.347. The number of anilines is 2. The fourth-order valence-electron chi connectivity index (χ4n) is 2.50. The molecule has 6 nitrogen and oxygen atoms in total. The Labute approximate surface area is 114 Å². The maximum Gasteiger partial charge on any atom is 0.322 e. The van der Waals surface area contributed by atoms with Gasteiger partial charge in [0, 0.05) is 12.6 Å². The van der Waals surface area contributed by atoms with Gasteiger partial charge in [-0.05, 0) is 25.2 Å². The van der Waals surface area contributed by atoms with Crippen LogP contribution in [0.15, 0.2) is 0 Å². The molecule has 1 saturated carbocycles. The van der Waals surface area contributed by atoms with Gasteiger partial charge in [-0.1, -0.05) is 20.3 Å². The number of hydrogen-bond donors (Lipinski definition) is 2. The summed E-state index contributed by atoms with van der Waals surface area (Å²) in [4.78, 5) is 12.8. The molecule has 106 valence electrons. The normalized spacial score (nSPS) is 21.2. The lowest BCUT2D eigenvalue weighted by Crippen LogP contribution is -2.31. The Kier molecular flexibility index (Phi) is 4.07. The van der Waals surface area contributed by atoms with Crippen molar-refractivity contribution in [2.24, 2.45) is 5.41 Å². The molecular weight excluding hydrogens is 242 g/mol. The second kappa shape index (κ2) is 5.59. The van der Waals surface area contributed by atoms with Crippen LogP contribution >= 0.6 is 0 Å². The summed E-state index contributed by atoms with van der Waals surface area (Å²) >= 11 is 0. The van der Waals surface area contributed by atoms with Crippen LogP contribution in [-0.2, 0) is 0 Å². The number of nitrogens with zero attached hydrogens (tertiary/aromatic N) is 3. The van der Waals surface area contributed by atoms with Crippen molar-refractivity contribution in [2.45, 2.75) is 46.1 Å². The zero-order valence-corrected chi connectivity index (χ0v) is 12.2. The van der Waals surface area contributed by atoms with Gasteiger partial charge in [-0.2, -0.15) is 15.0 Å². The van der Waals surface area contributed by atoms with Crippen molar-refractivity contribution in [1.82, 2.24) is 15.0 Å². The summed E-state index contributed by atoms with van der Waals surface area (Å²) in [7, 11) is 1.56. The second-order valence-corrected chi connectivity index (χ2v) is 5.58. The van der Waals surface area contributed by atoms with E-state index in [1.54, 1.807) is 7.11 Å².